The minimum absolute atomic E-state index is 0.573. The molecule has 2 saturated heterocycles. The van der Waals surface area contributed by atoms with Crippen molar-refractivity contribution in [1.82, 2.24) is 4.90 Å². The van der Waals surface area contributed by atoms with Gasteiger partial charge >= 0.3 is 0 Å². The van der Waals surface area contributed by atoms with Crippen LogP contribution in [-0.4, -0.2) is 22.5 Å². The third kappa shape index (κ3) is 1.69. The Hall–Kier alpha value is -0.0400. The molecule has 3 fully saturated rings. The zero-order chi connectivity index (χ0) is 12.1. The van der Waals surface area contributed by atoms with Gasteiger partial charge in [-0.05, 0) is 63.8 Å². The van der Waals surface area contributed by atoms with Crippen LogP contribution in [0.4, 0.5) is 0 Å². The predicted octanol–water partition coefficient (Wildman–Crippen LogP) is 4.22. The average molecular weight is 235 g/mol. The van der Waals surface area contributed by atoms with E-state index in [1.165, 1.54) is 57.9 Å². The number of hydrogen-bond acceptors (Lipinski definition) is 1. The molecular formula is C16H29N. The third-order valence-electron chi connectivity index (χ3n) is 5.99. The predicted molar refractivity (Wildman–Crippen MR) is 73.1 cm³/mol. The van der Waals surface area contributed by atoms with E-state index in [9.17, 15) is 0 Å². The van der Waals surface area contributed by atoms with E-state index in [1.54, 1.807) is 0 Å². The minimum atomic E-state index is 0.573. The summed E-state index contributed by atoms with van der Waals surface area (Å²) in [6.07, 6.45) is 11.8. The van der Waals surface area contributed by atoms with Crippen molar-refractivity contribution < 1.29 is 0 Å². The van der Waals surface area contributed by atoms with Crippen LogP contribution in [0.1, 0.15) is 72.1 Å². The molecule has 3 rings (SSSR count). The Morgan fingerprint density at radius 3 is 2.76 bits per heavy atom. The molecule has 0 aromatic rings. The van der Waals surface area contributed by atoms with Crippen molar-refractivity contribution in [3.8, 4) is 0 Å². The van der Waals surface area contributed by atoms with Crippen LogP contribution < -0.4 is 0 Å². The van der Waals surface area contributed by atoms with E-state index >= 15 is 0 Å². The normalized spacial score (nSPS) is 46.2. The molecule has 0 N–H and O–H groups in total. The van der Waals surface area contributed by atoms with Gasteiger partial charge in [-0.1, -0.05) is 26.7 Å². The second-order valence-corrected chi connectivity index (χ2v) is 7.58. The minimum Gasteiger partial charge on any atom is -0.292 e. The summed E-state index contributed by atoms with van der Waals surface area (Å²) in [7, 11) is 0. The summed E-state index contributed by atoms with van der Waals surface area (Å²) < 4.78 is 0. The topological polar surface area (TPSA) is 3.24 Å². The fourth-order valence-corrected chi connectivity index (χ4v) is 5.53. The highest BCUT2D eigenvalue weighted by molar-refractivity contribution is 5.14. The molecule has 0 bridgehead atoms. The molecule has 0 aromatic heterocycles. The molecule has 0 amide bonds. The lowest BCUT2D eigenvalue weighted by molar-refractivity contribution is 0.0397. The quantitative estimate of drug-likeness (QED) is 0.692. The van der Waals surface area contributed by atoms with E-state index in [0.29, 0.717) is 11.1 Å². The highest BCUT2D eigenvalue weighted by Gasteiger charge is 2.59. The summed E-state index contributed by atoms with van der Waals surface area (Å²) in [5, 5.41) is 0. The van der Waals surface area contributed by atoms with Gasteiger partial charge in [-0.15, -0.1) is 0 Å². The molecule has 3 atom stereocenters. The number of nitrogens with zero attached hydrogens (tertiary/aromatic N) is 1. The molecular weight excluding hydrogens is 206 g/mol. The number of fused-ring (bicyclic) bond motifs is 3. The Labute approximate surface area is 107 Å². The first-order chi connectivity index (χ1) is 8.07. The van der Waals surface area contributed by atoms with Crippen LogP contribution in [0.25, 0.3) is 0 Å². The first-order valence-electron chi connectivity index (χ1n) is 7.85. The van der Waals surface area contributed by atoms with Crippen molar-refractivity contribution in [2.45, 2.75) is 83.2 Å². The van der Waals surface area contributed by atoms with Crippen LogP contribution in [0.2, 0.25) is 0 Å². The highest BCUT2D eigenvalue weighted by Crippen LogP contribution is 2.57. The summed E-state index contributed by atoms with van der Waals surface area (Å²) in [4.78, 5) is 2.98. The van der Waals surface area contributed by atoms with E-state index in [0.717, 1.165) is 11.8 Å². The molecule has 3 unspecified atom stereocenters. The van der Waals surface area contributed by atoms with Gasteiger partial charge in [-0.25, -0.2) is 0 Å². The van der Waals surface area contributed by atoms with Gasteiger partial charge in [0.15, 0.2) is 0 Å². The molecule has 0 aromatic carbocycles. The summed E-state index contributed by atoms with van der Waals surface area (Å²) >= 11 is 0. The van der Waals surface area contributed by atoms with Crippen LogP contribution in [0.3, 0.4) is 0 Å². The van der Waals surface area contributed by atoms with E-state index in [-0.39, 0.29) is 0 Å². The van der Waals surface area contributed by atoms with E-state index < -0.39 is 0 Å². The van der Waals surface area contributed by atoms with Gasteiger partial charge in [-0.3, -0.25) is 4.90 Å². The lowest BCUT2D eigenvalue weighted by Crippen LogP contribution is -2.51. The Balaban J connectivity index is 1.90. The number of hydrogen-bond donors (Lipinski definition) is 0. The second kappa shape index (κ2) is 3.98. The van der Waals surface area contributed by atoms with E-state index in [1.807, 2.05) is 0 Å². The van der Waals surface area contributed by atoms with Gasteiger partial charge < -0.3 is 0 Å². The lowest BCUT2D eigenvalue weighted by Gasteiger charge is -2.45. The van der Waals surface area contributed by atoms with Crippen molar-refractivity contribution in [3.63, 3.8) is 0 Å². The zero-order valence-electron chi connectivity index (χ0n) is 12.0. The van der Waals surface area contributed by atoms with Crippen LogP contribution in [0.5, 0.6) is 0 Å². The SMILES string of the molecule is CC(C)CC12CCCN1C1(C)CCCCC1C2. The van der Waals surface area contributed by atoms with Crippen molar-refractivity contribution in [2.24, 2.45) is 11.8 Å². The van der Waals surface area contributed by atoms with Crippen molar-refractivity contribution in [3.05, 3.63) is 0 Å². The lowest BCUT2D eigenvalue weighted by atomic mass is 9.73. The summed E-state index contributed by atoms with van der Waals surface area (Å²) in [5.74, 6) is 1.87. The van der Waals surface area contributed by atoms with Crippen LogP contribution in [-0.2, 0) is 0 Å². The molecule has 1 heteroatoms. The fraction of sp³-hybridized carbons (Fsp3) is 1.00. The van der Waals surface area contributed by atoms with Crippen LogP contribution in [0, 0.1) is 11.8 Å². The van der Waals surface area contributed by atoms with Crippen molar-refractivity contribution in [1.29, 1.82) is 0 Å². The monoisotopic (exact) mass is 235 g/mol. The van der Waals surface area contributed by atoms with Gasteiger partial charge in [-0.2, -0.15) is 0 Å². The molecule has 1 saturated carbocycles. The van der Waals surface area contributed by atoms with Gasteiger partial charge in [0.05, 0.1) is 0 Å². The molecule has 1 nitrogen and oxygen atoms in total. The molecule has 98 valence electrons. The largest absolute Gasteiger partial charge is 0.292 e. The standard InChI is InChI=1S/C16H29N/c1-13(2)11-16-9-6-10-17(16)15(3)8-5-4-7-14(15)12-16/h13-14H,4-12H2,1-3H3. The summed E-state index contributed by atoms with van der Waals surface area (Å²) in [6, 6.07) is 0. The van der Waals surface area contributed by atoms with E-state index in [4.69, 9.17) is 0 Å². The zero-order valence-corrected chi connectivity index (χ0v) is 12.0. The Morgan fingerprint density at radius 1 is 1.18 bits per heavy atom. The summed E-state index contributed by atoms with van der Waals surface area (Å²) in [6.45, 7) is 8.80. The van der Waals surface area contributed by atoms with E-state index in [2.05, 4.69) is 25.7 Å². The molecule has 1 aliphatic carbocycles. The smallest absolute Gasteiger partial charge is 0.0221 e. The third-order valence-corrected chi connectivity index (χ3v) is 5.99. The maximum atomic E-state index is 2.98. The van der Waals surface area contributed by atoms with Gasteiger partial charge in [0, 0.05) is 11.1 Å². The molecule has 0 radical (unpaired) electrons. The summed E-state index contributed by atoms with van der Waals surface area (Å²) in [5.41, 5.74) is 1.18. The van der Waals surface area contributed by atoms with Crippen molar-refractivity contribution in [2.75, 3.05) is 6.54 Å². The molecule has 0 spiro atoms. The van der Waals surface area contributed by atoms with Gasteiger partial charge in [0.2, 0.25) is 0 Å². The first-order valence-corrected chi connectivity index (χ1v) is 7.85. The maximum Gasteiger partial charge on any atom is 0.0221 e. The second-order valence-electron chi connectivity index (χ2n) is 7.58. The van der Waals surface area contributed by atoms with Gasteiger partial charge in [0.25, 0.3) is 0 Å². The Kier molecular flexibility index (Phi) is 2.81. The first kappa shape index (κ1) is 12.0. The Bertz CT molecular complexity index is 298. The highest BCUT2D eigenvalue weighted by atomic mass is 15.3. The van der Waals surface area contributed by atoms with Crippen LogP contribution in [0.15, 0.2) is 0 Å². The van der Waals surface area contributed by atoms with Crippen molar-refractivity contribution >= 4 is 0 Å². The molecule has 3 aliphatic rings. The Morgan fingerprint density at radius 2 is 2.00 bits per heavy atom. The fourth-order valence-electron chi connectivity index (χ4n) is 5.53. The molecule has 2 heterocycles. The molecule has 2 aliphatic heterocycles. The number of rotatable bonds is 2. The van der Waals surface area contributed by atoms with Crippen LogP contribution >= 0.6 is 0 Å². The van der Waals surface area contributed by atoms with Gasteiger partial charge in [0.1, 0.15) is 0 Å². The molecule has 17 heavy (non-hydrogen) atoms. The maximum absolute atomic E-state index is 2.98. The average Bonchev–Trinajstić information content (AvgIpc) is 2.73.